The maximum atomic E-state index is 13.3. The minimum atomic E-state index is -1.28. The second kappa shape index (κ2) is 7.29. The highest BCUT2D eigenvalue weighted by molar-refractivity contribution is 5.98. The van der Waals surface area contributed by atoms with Crippen molar-refractivity contribution in [1.82, 2.24) is 10.3 Å². The second-order valence-corrected chi connectivity index (χ2v) is 5.90. The van der Waals surface area contributed by atoms with E-state index in [9.17, 15) is 19.1 Å². The van der Waals surface area contributed by atoms with Gasteiger partial charge < -0.3 is 15.2 Å². The fourth-order valence-electron chi connectivity index (χ4n) is 2.16. The molecule has 2 N–H and O–H groups in total. The lowest BCUT2D eigenvalue weighted by Crippen LogP contribution is -2.50. The molecule has 1 aromatic heterocycles. The minimum absolute atomic E-state index is 0.184. The number of carbonyl (C=O) groups is 2. The van der Waals surface area contributed by atoms with Crippen LogP contribution in [0.5, 0.6) is 5.75 Å². The number of nitrogens with one attached hydrogen (secondary N) is 1. The Balaban J connectivity index is 2.23. The number of hydrogen-bond acceptors (Lipinski definition) is 5. The normalized spacial score (nSPS) is 11.0. The molecule has 0 spiro atoms. The molecule has 2 aromatic rings. The van der Waals surface area contributed by atoms with Crippen molar-refractivity contribution < 1.29 is 23.8 Å². The van der Waals surface area contributed by atoms with Crippen LogP contribution in [0.3, 0.4) is 0 Å². The van der Waals surface area contributed by atoms with Crippen LogP contribution in [-0.4, -0.2) is 34.1 Å². The van der Waals surface area contributed by atoms with Crippen LogP contribution >= 0.6 is 0 Å². The third kappa shape index (κ3) is 4.32. The smallest absolute Gasteiger partial charge is 0.331 e. The standard InChI is InChI=1S/C18H19FN2O4/c1-4-25-17(24)18(2,3)21-16(23)15-14(22)9-12(10-20-15)11-6-5-7-13(19)8-11/h5-10,22H,4H2,1-3H3,(H,21,23). The number of aromatic nitrogens is 1. The van der Waals surface area contributed by atoms with Crippen LogP contribution in [0.25, 0.3) is 11.1 Å². The molecular weight excluding hydrogens is 327 g/mol. The van der Waals surface area contributed by atoms with E-state index >= 15 is 0 Å². The Morgan fingerprint density at radius 3 is 2.60 bits per heavy atom. The van der Waals surface area contributed by atoms with Crippen molar-refractivity contribution in [2.75, 3.05) is 6.61 Å². The number of ether oxygens (including phenoxy) is 1. The monoisotopic (exact) mass is 346 g/mol. The van der Waals surface area contributed by atoms with Gasteiger partial charge in [-0.1, -0.05) is 12.1 Å². The molecule has 1 aromatic carbocycles. The van der Waals surface area contributed by atoms with Crippen LogP contribution in [0, 0.1) is 5.82 Å². The number of benzene rings is 1. The zero-order valence-corrected chi connectivity index (χ0v) is 14.2. The first-order valence-corrected chi connectivity index (χ1v) is 7.69. The highest BCUT2D eigenvalue weighted by Crippen LogP contribution is 2.25. The molecule has 25 heavy (non-hydrogen) atoms. The molecule has 6 nitrogen and oxygen atoms in total. The zero-order valence-electron chi connectivity index (χ0n) is 14.2. The quantitative estimate of drug-likeness (QED) is 0.813. The average molecular weight is 346 g/mol. The summed E-state index contributed by atoms with van der Waals surface area (Å²) in [4.78, 5) is 28.1. The van der Waals surface area contributed by atoms with Gasteiger partial charge in [-0.25, -0.2) is 14.2 Å². The van der Waals surface area contributed by atoms with Crippen LogP contribution in [-0.2, 0) is 9.53 Å². The third-order valence-electron chi connectivity index (χ3n) is 3.45. The van der Waals surface area contributed by atoms with Crippen LogP contribution in [0.4, 0.5) is 4.39 Å². The van der Waals surface area contributed by atoms with E-state index in [-0.39, 0.29) is 18.1 Å². The van der Waals surface area contributed by atoms with Crippen molar-refractivity contribution in [1.29, 1.82) is 0 Å². The van der Waals surface area contributed by atoms with Crippen molar-refractivity contribution in [2.45, 2.75) is 26.3 Å². The Kier molecular flexibility index (Phi) is 5.36. The van der Waals surface area contributed by atoms with Crippen molar-refractivity contribution >= 4 is 11.9 Å². The summed E-state index contributed by atoms with van der Waals surface area (Å²) in [5.41, 5.74) is -0.542. The molecule has 0 saturated carbocycles. The predicted molar refractivity (Wildman–Crippen MR) is 89.5 cm³/mol. The fourth-order valence-corrected chi connectivity index (χ4v) is 2.16. The predicted octanol–water partition coefficient (Wildman–Crippen LogP) is 2.66. The number of hydrogen-bond donors (Lipinski definition) is 2. The van der Waals surface area contributed by atoms with Crippen molar-refractivity contribution in [3.05, 3.63) is 48.0 Å². The van der Waals surface area contributed by atoms with Gasteiger partial charge in [-0.2, -0.15) is 0 Å². The second-order valence-electron chi connectivity index (χ2n) is 5.90. The lowest BCUT2D eigenvalue weighted by atomic mass is 10.0. The topological polar surface area (TPSA) is 88.5 Å². The van der Waals surface area contributed by atoms with Gasteiger partial charge in [0.2, 0.25) is 0 Å². The Bertz CT molecular complexity index is 805. The largest absolute Gasteiger partial charge is 0.505 e. The number of aromatic hydroxyl groups is 1. The Labute approximate surface area is 144 Å². The molecule has 0 bridgehead atoms. The molecule has 0 radical (unpaired) electrons. The molecule has 7 heteroatoms. The van der Waals surface area contributed by atoms with Crippen molar-refractivity contribution in [3.63, 3.8) is 0 Å². The molecule has 1 heterocycles. The molecule has 0 atom stereocenters. The number of pyridine rings is 1. The molecule has 2 rings (SSSR count). The van der Waals surface area contributed by atoms with E-state index in [4.69, 9.17) is 4.74 Å². The first-order valence-electron chi connectivity index (χ1n) is 7.69. The summed E-state index contributed by atoms with van der Waals surface area (Å²) in [6.45, 7) is 4.82. The van der Waals surface area contributed by atoms with E-state index in [1.807, 2.05) is 0 Å². The van der Waals surface area contributed by atoms with E-state index in [2.05, 4.69) is 10.3 Å². The summed E-state index contributed by atoms with van der Waals surface area (Å²) < 4.78 is 18.2. The van der Waals surface area contributed by atoms with E-state index in [0.29, 0.717) is 11.1 Å². The van der Waals surface area contributed by atoms with E-state index in [0.717, 1.165) is 0 Å². The number of carbonyl (C=O) groups excluding carboxylic acids is 2. The summed E-state index contributed by atoms with van der Waals surface area (Å²) in [5.74, 6) is -2.12. The molecular formula is C18H19FN2O4. The number of rotatable bonds is 5. The van der Waals surface area contributed by atoms with Gasteiger partial charge in [-0.3, -0.25) is 4.79 Å². The van der Waals surface area contributed by atoms with E-state index in [1.54, 1.807) is 13.0 Å². The molecule has 0 fully saturated rings. The first kappa shape index (κ1) is 18.4. The highest BCUT2D eigenvalue weighted by Gasteiger charge is 2.32. The van der Waals surface area contributed by atoms with Gasteiger partial charge in [0, 0.05) is 11.8 Å². The van der Waals surface area contributed by atoms with Gasteiger partial charge in [0.25, 0.3) is 5.91 Å². The Morgan fingerprint density at radius 2 is 2.00 bits per heavy atom. The van der Waals surface area contributed by atoms with Crippen molar-refractivity contribution in [3.8, 4) is 16.9 Å². The first-order chi connectivity index (χ1) is 11.7. The molecule has 0 unspecified atom stereocenters. The molecule has 0 aliphatic carbocycles. The number of amides is 1. The maximum absolute atomic E-state index is 13.3. The Hall–Kier alpha value is -2.96. The van der Waals surface area contributed by atoms with Crippen molar-refractivity contribution in [2.24, 2.45) is 0 Å². The lowest BCUT2D eigenvalue weighted by Gasteiger charge is -2.23. The number of halogens is 1. The fraction of sp³-hybridized carbons (Fsp3) is 0.278. The van der Waals surface area contributed by atoms with Gasteiger partial charge in [0.15, 0.2) is 5.69 Å². The van der Waals surface area contributed by atoms with E-state index < -0.39 is 23.2 Å². The number of esters is 1. The zero-order chi connectivity index (χ0) is 18.6. The minimum Gasteiger partial charge on any atom is -0.505 e. The van der Waals surface area contributed by atoms with Gasteiger partial charge in [0.05, 0.1) is 6.61 Å². The molecule has 0 aliphatic rings. The SMILES string of the molecule is CCOC(=O)C(C)(C)NC(=O)c1ncc(-c2cccc(F)c2)cc1O. The summed E-state index contributed by atoms with van der Waals surface area (Å²) in [7, 11) is 0. The van der Waals surface area contributed by atoms with Crippen LogP contribution in [0.15, 0.2) is 36.5 Å². The molecule has 132 valence electrons. The summed E-state index contributed by atoms with van der Waals surface area (Å²) >= 11 is 0. The average Bonchev–Trinajstić information content (AvgIpc) is 2.54. The highest BCUT2D eigenvalue weighted by atomic mass is 19.1. The summed E-state index contributed by atoms with van der Waals surface area (Å²) in [5, 5.41) is 12.6. The van der Waals surface area contributed by atoms with Crippen LogP contribution in [0.2, 0.25) is 0 Å². The van der Waals surface area contributed by atoms with Gasteiger partial charge >= 0.3 is 5.97 Å². The maximum Gasteiger partial charge on any atom is 0.331 e. The van der Waals surface area contributed by atoms with Crippen LogP contribution < -0.4 is 5.32 Å². The Morgan fingerprint density at radius 1 is 1.28 bits per heavy atom. The van der Waals surface area contributed by atoms with Gasteiger partial charge in [-0.15, -0.1) is 0 Å². The summed E-state index contributed by atoms with van der Waals surface area (Å²) in [6.07, 6.45) is 1.35. The van der Waals surface area contributed by atoms with Gasteiger partial charge in [-0.05, 0) is 44.5 Å². The van der Waals surface area contributed by atoms with Crippen LogP contribution in [0.1, 0.15) is 31.3 Å². The van der Waals surface area contributed by atoms with E-state index in [1.165, 1.54) is 44.3 Å². The molecule has 0 saturated heterocycles. The molecule has 0 aliphatic heterocycles. The summed E-state index contributed by atoms with van der Waals surface area (Å²) in [6, 6.07) is 7.09. The number of nitrogens with zero attached hydrogens (tertiary/aromatic N) is 1. The van der Waals surface area contributed by atoms with Gasteiger partial charge in [0.1, 0.15) is 17.1 Å². The lowest BCUT2D eigenvalue weighted by molar-refractivity contribution is -0.149. The third-order valence-corrected chi connectivity index (χ3v) is 3.45. The molecule has 1 amide bonds.